The third kappa shape index (κ3) is 2.19. The highest BCUT2D eigenvalue weighted by Crippen LogP contribution is 2.45. The number of para-hydroxylation sites is 1. The predicted octanol–water partition coefficient (Wildman–Crippen LogP) is 3.07. The molecule has 3 rings (SSSR count). The van der Waals surface area contributed by atoms with Crippen molar-refractivity contribution < 1.29 is 4.74 Å². The van der Waals surface area contributed by atoms with Crippen molar-refractivity contribution in [1.29, 1.82) is 0 Å². The zero-order valence-corrected chi connectivity index (χ0v) is 10.5. The maximum Gasteiger partial charge on any atom is 0.127 e. The first-order chi connectivity index (χ1) is 8.40. The summed E-state index contributed by atoms with van der Waals surface area (Å²) in [4.78, 5) is 0. The Hall–Kier alpha value is -1.02. The Morgan fingerprint density at radius 1 is 1.41 bits per heavy atom. The van der Waals surface area contributed by atoms with Crippen molar-refractivity contribution in [3.63, 3.8) is 0 Å². The first kappa shape index (κ1) is 11.1. The fraction of sp³-hybridized carbons (Fsp3) is 0.600. The number of nitrogens with one attached hydrogen (secondary N) is 1. The van der Waals surface area contributed by atoms with E-state index >= 15 is 0 Å². The summed E-state index contributed by atoms with van der Waals surface area (Å²) in [5, 5.41) is 3.63. The van der Waals surface area contributed by atoms with Crippen LogP contribution in [0.1, 0.15) is 43.4 Å². The number of ether oxygens (including phenoxy) is 1. The fourth-order valence-electron chi connectivity index (χ4n) is 2.84. The van der Waals surface area contributed by atoms with Crippen molar-refractivity contribution in [2.45, 2.75) is 38.6 Å². The molecule has 0 spiro atoms. The lowest BCUT2D eigenvalue weighted by atomic mass is 9.95. The zero-order chi connectivity index (χ0) is 11.7. The minimum Gasteiger partial charge on any atom is -0.493 e. The summed E-state index contributed by atoms with van der Waals surface area (Å²) < 4.78 is 5.92. The molecule has 1 N–H and O–H groups in total. The highest BCUT2D eigenvalue weighted by Gasteiger charge is 2.34. The summed E-state index contributed by atoms with van der Waals surface area (Å²) in [6.07, 6.45) is 5.06. The Labute approximate surface area is 103 Å². The molecule has 92 valence electrons. The molecular formula is C15H21NO. The lowest BCUT2D eigenvalue weighted by Gasteiger charge is -2.25. The van der Waals surface area contributed by atoms with Crippen LogP contribution < -0.4 is 10.1 Å². The summed E-state index contributed by atoms with van der Waals surface area (Å²) in [6, 6.07) is 7.16. The molecule has 0 radical (unpaired) electrons. The van der Waals surface area contributed by atoms with E-state index in [4.69, 9.17) is 4.74 Å². The Morgan fingerprint density at radius 2 is 2.29 bits per heavy atom. The van der Waals surface area contributed by atoms with Gasteiger partial charge in [-0.15, -0.1) is 0 Å². The van der Waals surface area contributed by atoms with Crippen LogP contribution in [-0.2, 0) is 6.42 Å². The van der Waals surface area contributed by atoms with Crippen LogP contribution in [0.15, 0.2) is 18.2 Å². The van der Waals surface area contributed by atoms with Gasteiger partial charge in [-0.05, 0) is 43.7 Å². The van der Waals surface area contributed by atoms with Crippen LogP contribution in [0.25, 0.3) is 0 Å². The van der Waals surface area contributed by atoms with Gasteiger partial charge in [0.15, 0.2) is 0 Å². The first-order valence-electron chi connectivity index (χ1n) is 6.88. The van der Waals surface area contributed by atoms with E-state index in [9.17, 15) is 0 Å². The van der Waals surface area contributed by atoms with Gasteiger partial charge in [0.2, 0.25) is 0 Å². The minimum absolute atomic E-state index is 0.507. The van der Waals surface area contributed by atoms with Crippen LogP contribution >= 0.6 is 0 Å². The van der Waals surface area contributed by atoms with Gasteiger partial charge in [0, 0.05) is 11.6 Å². The van der Waals surface area contributed by atoms with Crippen molar-refractivity contribution in [3.8, 4) is 5.75 Å². The van der Waals surface area contributed by atoms with Gasteiger partial charge in [-0.2, -0.15) is 0 Å². The molecule has 1 fully saturated rings. The average Bonchev–Trinajstić information content (AvgIpc) is 3.20. The van der Waals surface area contributed by atoms with Crippen molar-refractivity contribution in [1.82, 2.24) is 5.32 Å². The summed E-state index contributed by atoms with van der Waals surface area (Å²) in [7, 11) is 0. The Balaban J connectivity index is 1.94. The summed E-state index contributed by atoms with van der Waals surface area (Å²) in [6.45, 7) is 4.10. The smallest absolute Gasteiger partial charge is 0.127 e. The molecule has 1 aliphatic carbocycles. The second-order valence-electron chi connectivity index (χ2n) is 5.16. The van der Waals surface area contributed by atoms with Crippen molar-refractivity contribution in [3.05, 3.63) is 29.3 Å². The van der Waals surface area contributed by atoms with Gasteiger partial charge in [0.25, 0.3) is 0 Å². The molecule has 1 atom stereocenters. The van der Waals surface area contributed by atoms with Crippen molar-refractivity contribution in [2.75, 3.05) is 13.2 Å². The number of fused-ring (bicyclic) bond motifs is 1. The molecule has 0 saturated heterocycles. The maximum atomic E-state index is 5.92. The monoisotopic (exact) mass is 231 g/mol. The number of benzene rings is 1. The summed E-state index contributed by atoms with van der Waals surface area (Å²) >= 11 is 0. The molecule has 1 aromatic carbocycles. The van der Waals surface area contributed by atoms with Gasteiger partial charge in [-0.1, -0.05) is 25.1 Å². The molecule has 0 bridgehead atoms. The Morgan fingerprint density at radius 3 is 3.06 bits per heavy atom. The van der Waals surface area contributed by atoms with Crippen LogP contribution in [0.2, 0.25) is 0 Å². The molecule has 1 heterocycles. The van der Waals surface area contributed by atoms with Crippen LogP contribution in [-0.4, -0.2) is 13.2 Å². The molecule has 0 amide bonds. The largest absolute Gasteiger partial charge is 0.493 e. The SMILES string of the molecule is CCNC(c1cccc2c1OCCC2)C1CC1. The van der Waals surface area contributed by atoms with E-state index in [-0.39, 0.29) is 0 Å². The van der Waals surface area contributed by atoms with E-state index in [1.807, 2.05) is 0 Å². The number of aryl methyl sites for hydroxylation is 1. The Bertz CT molecular complexity index is 398. The minimum atomic E-state index is 0.507. The van der Waals surface area contributed by atoms with Gasteiger partial charge in [-0.3, -0.25) is 0 Å². The normalized spacial score (nSPS) is 20.5. The molecule has 1 saturated carbocycles. The highest BCUT2D eigenvalue weighted by molar-refractivity contribution is 5.45. The molecule has 1 unspecified atom stereocenters. The van der Waals surface area contributed by atoms with Crippen LogP contribution in [0.4, 0.5) is 0 Å². The van der Waals surface area contributed by atoms with Gasteiger partial charge < -0.3 is 10.1 Å². The fourth-order valence-corrected chi connectivity index (χ4v) is 2.84. The second-order valence-corrected chi connectivity index (χ2v) is 5.16. The molecule has 2 nitrogen and oxygen atoms in total. The molecular weight excluding hydrogens is 210 g/mol. The second kappa shape index (κ2) is 4.69. The maximum absolute atomic E-state index is 5.92. The van der Waals surface area contributed by atoms with E-state index in [0.29, 0.717) is 6.04 Å². The quantitative estimate of drug-likeness (QED) is 0.860. The van der Waals surface area contributed by atoms with Gasteiger partial charge in [-0.25, -0.2) is 0 Å². The van der Waals surface area contributed by atoms with Gasteiger partial charge in [0.05, 0.1) is 6.61 Å². The molecule has 2 heteroatoms. The lowest BCUT2D eigenvalue weighted by Crippen LogP contribution is -2.24. The van der Waals surface area contributed by atoms with Crippen molar-refractivity contribution >= 4 is 0 Å². The molecule has 17 heavy (non-hydrogen) atoms. The van der Waals surface area contributed by atoms with E-state index in [1.165, 1.54) is 36.1 Å². The standard InChI is InChI=1S/C15H21NO/c1-2-16-14(11-8-9-11)13-7-3-5-12-6-4-10-17-15(12)13/h3,5,7,11,14,16H,2,4,6,8-10H2,1H3. The third-order valence-electron chi connectivity index (χ3n) is 3.82. The third-order valence-corrected chi connectivity index (χ3v) is 3.82. The molecule has 2 aliphatic rings. The number of hydrogen-bond acceptors (Lipinski definition) is 2. The number of rotatable bonds is 4. The lowest BCUT2D eigenvalue weighted by molar-refractivity contribution is 0.280. The van der Waals surface area contributed by atoms with Gasteiger partial charge >= 0.3 is 0 Å². The van der Waals surface area contributed by atoms with Gasteiger partial charge in [0.1, 0.15) is 5.75 Å². The van der Waals surface area contributed by atoms with Crippen LogP contribution in [0, 0.1) is 5.92 Å². The molecule has 1 aliphatic heterocycles. The van der Waals surface area contributed by atoms with Crippen molar-refractivity contribution in [2.24, 2.45) is 5.92 Å². The Kier molecular flexibility index (Phi) is 3.06. The van der Waals surface area contributed by atoms with E-state index in [0.717, 1.165) is 25.5 Å². The summed E-state index contributed by atoms with van der Waals surface area (Å²) in [5.74, 6) is 2.00. The molecule has 1 aromatic rings. The summed E-state index contributed by atoms with van der Waals surface area (Å²) in [5.41, 5.74) is 2.80. The number of hydrogen-bond donors (Lipinski definition) is 1. The van der Waals surface area contributed by atoms with E-state index in [1.54, 1.807) is 0 Å². The highest BCUT2D eigenvalue weighted by atomic mass is 16.5. The molecule has 0 aromatic heterocycles. The zero-order valence-electron chi connectivity index (χ0n) is 10.5. The average molecular weight is 231 g/mol. The topological polar surface area (TPSA) is 21.3 Å². The van der Waals surface area contributed by atoms with Crippen LogP contribution in [0.5, 0.6) is 5.75 Å². The van der Waals surface area contributed by atoms with E-state index < -0.39 is 0 Å². The first-order valence-corrected chi connectivity index (χ1v) is 6.88. The van der Waals surface area contributed by atoms with E-state index in [2.05, 4.69) is 30.4 Å². The van der Waals surface area contributed by atoms with Crippen LogP contribution in [0.3, 0.4) is 0 Å². The predicted molar refractivity (Wildman–Crippen MR) is 69.4 cm³/mol.